The first-order valence-electron chi connectivity index (χ1n) is 7.24. The monoisotopic (exact) mass is 281 g/mol. The molecule has 0 bridgehead atoms. The normalized spacial score (nSPS) is 14.0. The zero-order chi connectivity index (χ0) is 14.8. The van der Waals surface area contributed by atoms with E-state index in [2.05, 4.69) is 16.6 Å². The summed E-state index contributed by atoms with van der Waals surface area (Å²) in [5.41, 5.74) is 2.41. The fourth-order valence-corrected chi connectivity index (χ4v) is 2.62. The molecular formula is C17H19N3O. The molecule has 3 rings (SSSR count). The van der Waals surface area contributed by atoms with Crippen LogP contribution in [0.3, 0.4) is 0 Å². The average molecular weight is 281 g/mol. The number of hydrogen-bond acceptors (Lipinski definition) is 3. The zero-order valence-electron chi connectivity index (χ0n) is 12.2. The molecule has 0 unspecified atom stereocenters. The molecule has 1 saturated carbocycles. The van der Waals surface area contributed by atoms with E-state index >= 15 is 0 Å². The van der Waals surface area contributed by atoms with Crippen molar-refractivity contribution < 1.29 is 4.79 Å². The van der Waals surface area contributed by atoms with Crippen LogP contribution in [0.2, 0.25) is 0 Å². The maximum absolute atomic E-state index is 11.5. The van der Waals surface area contributed by atoms with Crippen LogP contribution in [0.1, 0.15) is 28.9 Å². The second-order valence-electron chi connectivity index (χ2n) is 5.36. The Kier molecular flexibility index (Phi) is 3.60. The maximum atomic E-state index is 11.5. The van der Waals surface area contributed by atoms with Crippen LogP contribution < -0.4 is 4.90 Å². The third-order valence-corrected chi connectivity index (χ3v) is 3.79. The highest BCUT2D eigenvalue weighted by molar-refractivity contribution is 5.85. The minimum absolute atomic E-state index is 0.486. The molecule has 0 radical (unpaired) electrons. The van der Waals surface area contributed by atoms with E-state index in [1.165, 1.54) is 0 Å². The highest BCUT2D eigenvalue weighted by Crippen LogP contribution is 2.35. The number of para-hydroxylation sites is 1. The van der Waals surface area contributed by atoms with Crippen molar-refractivity contribution in [3.8, 4) is 5.69 Å². The Balaban J connectivity index is 2.16. The van der Waals surface area contributed by atoms with Crippen LogP contribution in [0.4, 0.5) is 5.82 Å². The average Bonchev–Trinajstić information content (AvgIpc) is 3.29. The number of nitrogens with zero attached hydrogens (tertiary/aromatic N) is 3. The summed E-state index contributed by atoms with van der Waals surface area (Å²) < 4.78 is 1.88. The van der Waals surface area contributed by atoms with Crippen LogP contribution in [-0.4, -0.2) is 28.7 Å². The lowest BCUT2D eigenvalue weighted by Gasteiger charge is -2.24. The molecule has 1 aromatic carbocycles. The lowest BCUT2D eigenvalue weighted by atomic mass is 10.2. The highest BCUT2D eigenvalue weighted by atomic mass is 16.1. The van der Waals surface area contributed by atoms with Gasteiger partial charge in [0.15, 0.2) is 6.29 Å². The Morgan fingerprint density at radius 2 is 2.10 bits per heavy atom. The summed E-state index contributed by atoms with van der Waals surface area (Å²) in [5, 5.41) is 4.57. The quantitative estimate of drug-likeness (QED) is 0.603. The largest absolute Gasteiger partial charge is 0.349 e. The Bertz CT molecular complexity index is 656. The van der Waals surface area contributed by atoms with Crippen molar-refractivity contribution in [2.24, 2.45) is 0 Å². The van der Waals surface area contributed by atoms with Gasteiger partial charge in [0.25, 0.3) is 0 Å². The molecular weight excluding hydrogens is 262 g/mol. The minimum Gasteiger partial charge on any atom is -0.349 e. The summed E-state index contributed by atoms with van der Waals surface area (Å²) in [6.45, 7) is 6.45. The second-order valence-corrected chi connectivity index (χ2v) is 5.36. The van der Waals surface area contributed by atoms with Crippen molar-refractivity contribution in [2.75, 3.05) is 11.4 Å². The smallest absolute Gasteiger partial charge is 0.155 e. The summed E-state index contributed by atoms with van der Waals surface area (Å²) in [5.74, 6) is 0.885. The van der Waals surface area contributed by atoms with Crippen LogP contribution in [0.25, 0.3) is 5.69 Å². The van der Waals surface area contributed by atoms with Gasteiger partial charge in [-0.1, -0.05) is 24.3 Å². The molecule has 0 N–H and O–H groups in total. The number of carbonyl (C=O) groups is 1. The maximum Gasteiger partial charge on any atom is 0.155 e. The van der Waals surface area contributed by atoms with Gasteiger partial charge in [0.05, 0.1) is 16.9 Å². The van der Waals surface area contributed by atoms with E-state index in [4.69, 9.17) is 0 Å². The molecule has 1 aliphatic carbocycles. The number of aldehydes is 1. The fraction of sp³-hybridized carbons (Fsp3) is 0.294. The summed E-state index contributed by atoms with van der Waals surface area (Å²) in [6.07, 6.45) is 5.11. The first-order valence-corrected chi connectivity index (χ1v) is 7.24. The molecule has 2 aromatic rings. The van der Waals surface area contributed by atoms with Crippen molar-refractivity contribution in [3.63, 3.8) is 0 Å². The van der Waals surface area contributed by atoms with Crippen molar-refractivity contribution in [1.82, 2.24) is 9.78 Å². The predicted octanol–water partition coefficient (Wildman–Crippen LogP) is 3.15. The van der Waals surface area contributed by atoms with E-state index < -0.39 is 0 Å². The summed E-state index contributed by atoms with van der Waals surface area (Å²) >= 11 is 0. The van der Waals surface area contributed by atoms with Gasteiger partial charge < -0.3 is 4.90 Å². The van der Waals surface area contributed by atoms with Crippen molar-refractivity contribution >= 4 is 12.1 Å². The van der Waals surface area contributed by atoms with Gasteiger partial charge in [-0.25, -0.2) is 4.68 Å². The van der Waals surface area contributed by atoms with E-state index in [9.17, 15) is 4.79 Å². The number of benzene rings is 1. The van der Waals surface area contributed by atoms with Crippen LogP contribution in [0.5, 0.6) is 0 Å². The highest BCUT2D eigenvalue weighted by Gasteiger charge is 2.33. The molecule has 0 saturated heterocycles. The lowest BCUT2D eigenvalue weighted by Crippen LogP contribution is -2.29. The summed E-state index contributed by atoms with van der Waals surface area (Å²) in [7, 11) is 0. The van der Waals surface area contributed by atoms with Gasteiger partial charge in [-0.05, 0) is 31.9 Å². The molecule has 4 heteroatoms. The second kappa shape index (κ2) is 5.56. The Labute approximate surface area is 124 Å². The van der Waals surface area contributed by atoms with Crippen molar-refractivity contribution in [1.29, 1.82) is 0 Å². The molecule has 1 aliphatic rings. The minimum atomic E-state index is 0.486. The van der Waals surface area contributed by atoms with Crippen LogP contribution >= 0.6 is 0 Å². The van der Waals surface area contributed by atoms with Crippen molar-refractivity contribution in [3.05, 3.63) is 54.2 Å². The van der Waals surface area contributed by atoms with E-state index in [1.54, 1.807) is 0 Å². The molecule has 4 nitrogen and oxygen atoms in total. The van der Waals surface area contributed by atoms with Crippen LogP contribution in [0.15, 0.2) is 43.0 Å². The molecule has 0 atom stereocenters. The van der Waals surface area contributed by atoms with Crippen molar-refractivity contribution in [2.45, 2.75) is 25.8 Å². The molecule has 0 aliphatic heterocycles. The molecule has 0 spiro atoms. The van der Waals surface area contributed by atoms with E-state index in [1.807, 2.05) is 48.0 Å². The Morgan fingerprint density at radius 3 is 2.67 bits per heavy atom. The predicted molar refractivity (Wildman–Crippen MR) is 84.3 cm³/mol. The molecule has 1 fully saturated rings. The topological polar surface area (TPSA) is 38.1 Å². The Morgan fingerprint density at radius 1 is 1.38 bits per heavy atom. The van der Waals surface area contributed by atoms with Gasteiger partial charge in [-0.3, -0.25) is 4.79 Å². The molecule has 0 amide bonds. The number of hydrogen-bond donors (Lipinski definition) is 0. The van der Waals surface area contributed by atoms with Crippen LogP contribution in [-0.2, 0) is 0 Å². The van der Waals surface area contributed by atoms with Gasteiger partial charge in [0, 0.05) is 12.6 Å². The first kappa shape index (κ1) is 13.6. The number of anilines is 1. The van der Waals surface area contributed by atoms with E-state index in [0.29, 0.717) is 11.6 Å². The first-order chi connectivity index (χ1) is 10.3. The SMILES string of the molecule is C=CCN(c1c(C=O)c(C)nn1-c1ccccc1)C1CC1. The zero-order valence-corrected chi connectivity index (χ0v) is 12.2. The Hall–Kier alpha value is -2.36. The van der Waals surface area contributed by atoms with Crippen LogP contribution in [0, 0.1) is 6.92 Å². The number of carbonyl (C=O) groups excluding carboxylic acids is 1. The summed E-state index contributed by atoms with van der Waals surface area (Å²) in [6, 6.07) is 10.4. The molecule has 21 heavy (non-hydrogen) atoms. The summed E-state index contributed by atoms with van der Waals surface area (Å²) in [4.78, 5) is 13.8. The lowest BCUT2D eigenvalue weighted by molar-refractivity contribution is 0.112. The number of rotatable bonds is 6. The number of aryl methyl sites for hydroxylation is 1. The number of aromatic nitrogens is 2. The standard InChI is InChI=1S/C17H19N3O/c1-3-11-19(14-9-10-14)17-16(12-21)13(2)18-20(17)15-7-5-4-6-8-15/h3-8,12,14H,1,9-11H2,2H3. The third-order valence-electron chi connectivity index (χ3n) is 3.79. The fourth-order valence-electron chi connectivity index (χ4n) is 2.62. The van der Waals surface area contributed by atoms with E-state index in [0.717, 1.165) is 42.9 Å². The van der Waals surface area contributed by atoms with Gasteiger partial charge in [-0.2, -0.15) is 5.10 Å². The van der Waals surface area contributed by atoms with Gasteiger partial charge in [0.1, 0.15) is 5.82 Å². The molecule has 108 valence electrons. The van der Waals surface area contributed by atoms with Gasteiger partial charge >= 0.3 is 0 Å². The molecule has 1 aromatic heterocycles. The van der Waals surface area contributed by atoms with E-state index in [-0.39, 0.29) is 0 Å². The molecule has 1 heterocycles. The van der Waals surface area contributed by atoms with Gasteiger partial charge in [0.2, 0.25) is 0 Å². The third kappa shape index (κ3) is 2.49. The van der Waals surface area contributed by atoms with Gasteiger partial charge in [-0.15, -0.1) is 6.58 Å².